The summed E-state index contributed by atoms with van der Waals surface area (Å²) in [6.07, 6.45) is 1.01. The van der Waals surface area contributed by atoms with E-state index in [0.717, 1.165) is 22.0 Å². The van der Waals surface area contributed by atoms with Crippen molar-refractivity contribution in [2.45, 2.75) is 25.0 Å². The maximum absolute atomic E-state index is 12.5. The van der Waals surface area contributed by atoms with Crippen molar-refractivity contribution in [3.05, 3.63) is 64.1 Å². The molecular weight excluding hydrogens is 438 g/mol. The van der Waals surface area contributed by atoms with Crippen LogP contribution in [0.4, 0.5) is 0 Å². The quantitative estimate of drug-likeness (QED) is 0.430. The highest BCUT2D eigenvalue weighted by Gasteiger charge is 2.17. The lowest BCUT2D eigenvalue weighted by Crippen LogP contribution is -2.28. The summed E-state index contributed by atoms with van der Waals surface area (Å²) in [4.78, 5) is 14.2. The molecule has 0 fully saturated rings. The Morgan fingerprint density at radius 3 is 2.50 bits per heavy atom. The second-order valence-electron chi connectivity index (χ2n) is 6.36. The van der Waals surface area contributed by atoms with Gasteiger partial charge in [0.05, 0.1) is 5.75 Å². The molecule has 1 amide bonds. The van der Waals surface area contributed by atoms with Crippen LogP contribution >= 0.6 is 27.7 Å². The minimum Gasteiger partial charge on any atom is -0.341 e. The molecule has 0 saturated heterocycles. The Morgan fingerprint density at radius 1 is 1.14 bits per heavy atom. The van der Waals surface area contributed by atoms with Gasteiger partial charge in [-0.25, -0.2) is 4.68 Å². The molecule has 0 aliphatic carbocycles. The smallest absolute Gasteiger partial charge is 0.233 e. The van der Waals surface area contributed by atoms with Crippen molar-refractivity contribution >= 4 is 33.6 Å². The summed E-state index contributed by atoms with van der Waals surface area (Å²) in [6.45, 7) is 2.70. The van der Waals surface area contributed by atoms with E-state index in [1.807, 2.05) is 24.3 Å². The molecule has 1 heterocycles. The molecule has 0 spiro atoms. The molecule has 28 heavy (non-hydrogen) atoms. The van der Waals surface area contributed by atoms with E-state index in [0.29, 0.717) is 17.5 Å². The van der Waals surface area contributed by atoms with Crippen LogP contribution < -0.4 is 5.84 Å². The van der Waals surface area contributed by atoms with Gasteiger partial charge >= 0.3 is 0 Å². The number of benzene rings is 2. The number of aromatic nitrogens is 3. The van der Waals surface area contributed by atoms with Gasteiger partial charge in [-0.15, -0.1) is 10.2 Å². The van der Waals surface area contributed by atoms with Crippen molar-refractivity contribution in [3.63, 3.8) is 0 Å². The summed E-state index contributed by atoms with van der Waals surface area (Å²) in [5, 5.41) is 8.79. The van der Waals surface area contributed by atoms with E-state index in [2.05, 4.69) is 57.3 Å². The molecule has 2 N–H and O–H groups in total. The second kappa shape index (κ2) is 9.25. The van der Waals surface area contributed by atoms with Crippen molar-refractivity contribution in [2.75, 3.05) is 18.6 Å². The molecule has 1 aromatic heterocycles. The highest BCUT2D eigenvalue weighted by molar-refractivity contribution is 9.10. The number of amides is 1. The first-order chi connectivity index (χ1) is 13.5. The summed E-state index contributed by atoms with van der Waals surface area (Å²) >= 11 is 4.77. The predicted octanol–water partition coefficient (Wildman–Crippen LogP) is 3.73. The number of aryl methyl sites for hydroxylation is 1. The number of nitrogen functional groups attached to an aromatic ring is 1. The zero-order chi connectivity index (χ0) is 20.1. The number of thioether (sulfide) groups is 1. The van der Waals surface area contributed by atoms with Gasteiger partial charge in [-0.05, 0) is 29.7 Å². The summed E-state index contributed by atoms with van der Waals surface area (Å²) in [5.41, 5.74) is 3.25. The number of carbonyl (C=O) groups excluding carboxylic acids is 1. The lowest BCUT2D eigenvalue weighted by Gasteiger charge is -2.17. The van der Waals surface area contributed by atoms with Crippen molar-refractivity contribution in [2.24, 2.45) is 0 Å². The monoisotopic (exact) mass is 459 g/mol. The van der Waals surface area contributed by atoms with Crippen LogP contribution in [0.15, 0.2) is 58.2 Å². The van der Waals surface area contributed by atoms with Crippen LogP contribution in [0, 0.1) is 0 Å². The summed E-state index contributed by atoms with van der Waals surface area (Å²) < 4.78 is 2.30. The van der Waals surface area contributed by atoms with E-state index in [1.165, 1.54) is 22.0 Å². The predicted molar refractivity (Wildman–Crippen MR) is 116 cm³/mol. The molecule has 3 rings (SSSR count). The molecule has 0 radical (unpaired) electrons. The number of nitrogens with zero attached hydrogens (tertiary/aromatic N) is 4. The maximum Gasteiger partial charge on any atom is 0.233 e. The molecule has 0 aliphatic heterocycles. The van der Waals surface area contributed by atoms with Gasteiger partial charge < -0.3 is 10.7 Å². The highest BCUT2D eigenvalue weighted by atomic mass is 79.9. The number of hydrogen-bond acceptors (Lipinski definition) is 5. The minimum absolute atomic E-state index is 0.00927. The number of hydrogen-bond donors (Lipinski definition) is 1. The zero-order valence-corrected chi connectivity index (χ0v) is 18.2. The summed E-state index contributed by atoms with van der Waals surface area (Å²) in [7, 11) is 1.80. The van der Waals surface area contributed by atoms with E-state index in [-0.39, 0.29) is 11.7 Å². The van der Waals surface area contributed by atoms with Crippen LogP contribution in [0.3, 0.4) is 0 Å². The first-order valence-electron chi connectivity index (χ1n) is 8.89. The Bertz CT molecular complexity index is 957. The van der Waals surface area contributed by atoms with Gasteiger partial charge in [0.2, 0.25) is 11.1 Å². The van der Waals surface area contributed by atoms with Crippen LogP contribution in [0.1, 0.15) is 18.1 Å². The third kappa shape index (κ3) is 4.74. The summed E-state index contributed by atoms with van der Waals surface area (Å²) in [5.74, 6) is 6.94. The fraction of sp³-hybridized carbons (Fsp3) is 0.250. The van der Waals surface area contributed by atoms with E-state index < -0.39 is 0 Å². The van der Waals surface area contributed by atoms with Crippen LogP contribution in [0.5, 0.6) is 0 Å². The fourth-order valence-corrected chi connectivity index (χ4v) is 3.94. The first kappa shape index (κ1) is 20.4. The SMILES string of the molecule is CCc1ccc(CN(C)C(=O)CSc2nnc(-c3ccccc3Br)n2N)cc1. The summed E-state index contributed by atoms with van der Waals surface area (Å²) in [6, 6.07) is 16.0. The Hall–Kier alpha value is -2.32. The topological polar surface area (TPSA) is 77.0 Å². The van der Waals surface area contributed by atoms with Crippen molar-refractivity contribution < 1.29 is 4.79 Å². The molecule has 8 heteroatoms. The number of nitrogens with two attached hydrogens (primary N) is 1. The molecule has 2 aromatic carbocycles. The standard InChI is InChI=1S/C20H22BrN5OS/c1-3-14-8-10-15(11-9-14)12-25(2)18(27)13-28-20-24-23-19(26(20)22)16-6-4-5-7-17(16)21/h4-11H,3,12-13,22H2,1-2H3. The lowest BCUT2D eigenvalue weighted by molar-refractivity contribution is -0.127. The average molecular weight is 460 g/mol. The molecule has 6 nitrogen and oxygen atoms in total. The van der Waals surface area contributed by atoms with Crippen LogP contribution in [-0.2, 0) is 17.8 Å². The molecule has 0 unspecified atom stereocenters. The molecule has 3 aromatic rings. The molecule has 0 bridgehead atoms. The van der Waals surface area contributed by atoms with Gasteiger partial charge in [-0.2, -0.15) is 0 Å². The van der Waals surface area contributed by atoms with Crippen LogP contribution in [-0.4, -0.2) is 38.5 Å². The number of rotatable bonds is 7. The highest BCUT2D eigenvalue weighted by Crippen LogP contribution is 2.28. The van der Waals surface area contributed by atoms with E-state index in [9.17, 15) is 4.79 Å². The normalized spacial score (nSPS) is 10.8. The molecular formula is C20H22BrN5OS. The van der Waals surface area contributed by atoms with Crippen molar-refractivity contribution in [1.82, 2.24) is 19.8 Å². The fourth-order valence-electron chi connectivity index (χ4n) is 2.68. The molecule has 0 aliphatic rings. The Labute approximate surface area is 177 Å². The zero-order valence-electron chi connectivity index (χ0n) is 15.8. The number of halogens is 1. The third-order valence-corrected chi connectivity index (χ3v) is 6.00. The Morgan fingerprint density at radius 2 is 1.82 bits per heavy atom. The van der Waals surface area contributed by atoms with Gasteiger partial charge in [0.1, 0.15) is 0 Å². The maximum atomic E-state index is 12.5. The lowest BCUT2D eigenvalue weighted by atomic mass is 10.1. The van der Waals surface area contributed by atoms with E-state index >= 15 is 0 Å². The Balaban J connectivity index is 1.60. The van der Waals surface area contributed by atoms with Gasteiger partial charge in [0, 0.05) is 23.6 Å². The average Bonchev–Trinajstić information content (AvgIpc) is 3.07. The minimum atomic E-state index is 0.00927. The van der Waals surface area contributed by atoms with Gasteiger partial charge in [-0.3, -0.25) is 4.79 Å². The van der Waals surface area contributed by atoms with E-state index in [1.54, 1.807) is 11.9 Å². The van der Waals surface area contributed by atoms with Crippen LogP contribution in [0.2, 0.25) is 0 Å². The van der Waals surface area contributed by atoms with Crippen LogP contribution in [0.25, 0.3) is 11.4 Å². The largest absolute Gasteiger partial charge is 0.341 e. The van der Waals surface area contributed by atoms with Gasteiger partial charge in [0.25, 0.3) is 0 Å². The van der Waals surface area contributed by atoms with Crippen molar-refractivity contribution in [1.29, 1.82) is 0 Å². The van der Waals surface area contributed by atoms with Crippen molar-refractivity contribution in [3.8, 4) is 11.4 Å². The molecule has 0 saturated carbocycles. The third-order valence-electron chi connectivity index (χ3n) is 4.38. The van der Waals surface area contributed by atoms with E-state index in [4.69, 9.17) is 5.84 Å². The van der Waals surface area contributed by atoms with Gasteiger partial charge in [-0.1, -0.05) is 71.0 Å². The van der Waals surface area contributed by atoms with Gasteiger partial charge in [0.15, 0.2) is 5.82 Å². The second-order valence-corrected chi connectivity index (χ2v) is 8.16. The molecule has 0 atom stereocenters. The first-order valence-corrected chi connectivity index (χ1v) is 10.7. The number of carbonyl (C=O) groups is 1. The molecule has 146 valence electrons. The Kier molecular flexibility index (Phi) is 6.74.